The van der Waals surface area contributed by atoms with E-state index in [0.29, 0.717) is 11.7 Å². The smallest absolute Gasteiger partial charge is 0.277 e. The zero-order valence-electron chi connectivity index (χ0n) is 11.9. The summed E-state index contributed by atoms with van der Waals surface area (Å²) in [6.45, 7) is 5.67. The van der Waals surface area contributed by atoms with E-state index < -0.39 is 0 Å². The SMILES string of the molecule is Cc1cc(Br)cc(C)c1NC(=O)c1cn(C2CNC2)nn1. The summed E-state index contributed by atoms with van der Waals surface area (Å²) >= 11 is 3.45. The number of nitrogens with zero attached hydrogens (tertiary/aromatic N) is 3. The Morgan fingerprint density at radius 2 is 2.05 bits per heavy atom. The van der Waals surface area contributed by atoms with Crippen molar-refractivity contribution < 1.29 is 4.79 Å². The van der Waals surface area contributed by atoms with E-state index in [-0.39, 0.29) is 5.91 Å². The van der Waals surface area contributed by atoms with Gasteiger partial charge in [0.15, 0.2) is 5.69 Å². The monoisotopic (exact) mass is 349 g/mol. The maximum absolute atomic E-state index is 12.3. The molecule has 21 heavy (non-hydrogen) atoms. The molecule has 0 radical (unpaired) electrons. The van der Waals surface area contributed by atoms with Crippen LogP contribution in [0.2, 0.25) is 0 Å². The fourth-order valence-electron chi connectivity index (χ4n) is 2.31. The summed E-state index contributed by atoms with van der Waals surface area (Å²) in [5, 5.41) is 14.1. The molecule has 0 spiro atoms. The lowest BCUT2D eigenvalue weighted by atomic mass is 10.1. The largest absolute Gasteiger partial charge is 0.320 e. The molecular weight excluding hydrogens is 334 g/mol. The van der Waals surface area contributed by atoms with Gasteiger partial charge in [0.25, 0.3) is 5.91 Å². The highest BCUT2D eigenvalue weighted by molar-refractivity contribution is 9.10. The van der Waals surface area contributed by atoms with Gasteiger partial charge in [-0.1, -0.05) is 21.1 Å². The molecule has 1 fully saturated rings. The topological polar surface area (TPSA) is 71.8 Å². The molecule has 110 valence electrons. The third-order valence-electron chi connectivity index (χ3n) is 3.61. The molecule has 0 atom stereocenters. The summed E-state index contributed by atoms with van der Waals surface area (Å²) in [6, 6.07) is 4.24. The highest BCUT2D eigenvalue weighted by Crippen LogP contribution is 2.25. The third-order valence-corrected chi connectivity index (χ3v) is 4.07. The highest BCUT2D eigenvalue weighted by Gasteiger charge is 2.22. The number of halogens is 1. The minimum atomic E-state index is -0.234. The molecule has 0 saturated carbocycles. The Kier molecular flexibility index (Phi) is 3.77. The van der Waals surface area contributed by atoms with E-state index in [9.17, 15) is 4.79 Å². The number of aromatic nitrogens is 3. The Labute approximate surface area is 131 Å². The van der Waals surface area contributed by atoms with Gasteiger partial charge < -0.3 is 10.6 Å². The number of carbonyl (C=O) groups is 1. The first kappa shape index (κ1) is 14.2. The predicted molar refractivity (Wildman–Crippen MR) is 83.5 cm³/mol. The van der Waals surface area contributed by atoms with E-state index in [0.717, 1.165) is 34.4 Å². The van der Waals surface area contributed by atoms with Crippen LogP contribution in [0.25, 0.3) is 0 Å². The summed E-state index contributed by atoms with van der Waals surface area (Å²) in [7, 11) is 0. The average molecular weight is 350 g/mol. The van der Waals surface area contributed by atoms with Crippen LogP contribution in [0.1, 0.15) is 27.7 Å². The molecule has 1 aliphatic rings. The summed E-state index contributed by atoms with van der Waals surface area (Å²) in [4.78, 5) is 12.3. The molecule has 1 aromatic carbocycles. The third kappa shape index (κ3) is 2.84. The molecule has 1 aliphatic heterocycles. The molecule has 0 aliphatic carbocycles. The van der Waals surface area contributed by atoms with Crippen molar-refractivity contribution in [2.75, 3.05) is 18.4 Å². The lowest BCUT2D eigenvalue weighted by Gasteiger charge is -2.26. The number of benzene rings is 1. The summed E-state index contributed by atoms with van der Waals surface area (Å²) < 4.78 is 2.74. The zero-order chi connectivity index (χ0) is 15.0. The van der Waals surface area contributed by atoms with Crippen molar-refractivity contribution in [3.63, 3.8) is 0 Å². The Morgan fingerprint density at radius 3 is 2.62 bits per heavy atom. The first-order chi connectivity index (χ1) is 10.0. The molecule has 2 N–H and O–H groups in total. The first-order valence-electron chi connectivity index (χ1n) is 6.75. The van der Waals surface area contributed by atoms with Crippen LogP contribution in [-0.2, 0) is 0 Å². The number of amides is 1. The number of hydrogen-bond acceptors (Lipinski definition) is 4. The van der Waals surface area contributed by atoms with Crippen molar-refractivity contribution in [3.8, 4) is 0 Å². The molecule has 1 amide bonds. The Hall–Kier alpha value is -1.73. The predicted octanol–water partition coefficient (Wildman–Crippen LogP) is 2.05. The van der Waals surface area contributed by atoms with Crippen LogP contribution < -0.4 is 10.6 Å². The molecule has 3 rings (SSSR count). The van der Waals surface area contributed by atoms with Gasteiger partial charge in [-0.3, -0.25) is 4.79 Å². The second-order valence-corrected chi connectivity index (χ2v) is 6.18. The number of anilines is 1. The maximum Gasteiger partial charge on any atom is 0.277 e. The van der Waals surface area contributed by atoms with E-state index in [4.69, 9.17) is 0 Å². The van der Waals surface area contributed by atoms with Crippen LogP contribution in [0.4, 0.5) is 5.69 Å². The van der Waals surface area contributed by atoms with E-state index >= 15 is 0 Å². The second kappa shape index (κ2) is 5.57. The molecule has 0 bridgehead atoms. The van der Waals surface area contributed by atoms with Gasteiger partial charge in [0, 0.05) is 23.2 Å². The van der Waals surface area contributed by atoms with Crippen molar-refractivity contribution >= 4 is 27.5 Å². The van der Waals surface area contributed by atoms with Crippen LogP contribution in [-0.4, -0.2) is 34.0 Å². The number of carbonyl (C=O) groups excluding carboxylic acids is 1. The van der Waals surface area contributed by atoms with Crippen molar-refractivity contribution in [1.29, 1.82) is 0 Å². The minimum Gasteiger partial charge on any atom is -0.320 e. The normalized spacial score (nSPS) is 14.8. The van der Waals surface area contributed by atoms with Gasteiger partial charge in [-0.15, -0.1) is 5.10 Å². The van der Waals surface area contributed by atoms with E-state index in [1.807, 2.05) is 26.0 Å². The van der Waals surface area contributed by atoms with Crippen LogP contribution >= 0.6 is 15.9 Å². The van der Waals surface area contributed by atoms with Gasteiger partial charge in [0.1, 0.15) is 0 Å². The highest BCUT2D eigenvalue weighted by atomic mass is 79.9. The van der Waals surface area contributed by atoms with Gasteiger partial charge in [0.05, 0.1) is 12.2 Å². The fourth-order valence-corrected chi connectivity index (χ4v) is 2.99. The quantitative estimate of drug-likeness (QED) is 0.889. The summed E-state index contributed by atoms with van der Waals surface area (Å²) in [6.07, 6.45) is 1.70. The number of rotatable bonds is 3. The van der Waals surface area contributed by atoms with Gasteiger partial charge in [-0.05, 0) is 37.1 Å². The van der Waals surface area contributed by atoms with Crippen molar-refractivity contribution in [2.24, 2.45) is 0 Å². The van der Waals surface area contributed by atoms with Crippen molar-refractivity contribution in [1.82, 2.24) is 20.3 Å². The van der Waals surface area contributed by atoms with E-state index in [1.54, 1.807) is 10.9 Å². The maximum atomic E-state index is 12.3. The van der Waals surface area contributed by atoms with Crippen LogP contribution in [0.5, 0.6) is 0 Å². The lowest BCUT2D eigenvalue weighted by molar-refractivity contribution is 0.102. The molecular formula is C14H16BrN5O. The summed E-state index contributed by atoms with van der Waals surface area (Å²) in [5.74, 6) is -0.234. The standard InChI is InChI=1S/C14H16BrN5O/c1-8-3-10(15)4-9(2)13(8)17-14(21)12-7-20(19-18-12)11-5-16-6-11/h3-4,7,11,16H,5-6H2,1-2H3,(H,17,21). The molecule has 1 saturated heterocycles. The minimum absolute atomic E-state index is 0.234. The molecule has 1 aromatic heterocycles. The fraction of sp³-hybridized carbons (Fsp3) is 0.357. The van der Waals surface area contributed by atoms with E-state index in [2.05, 4.69) is 36.9 Å². The van der Waals surface area contributed by atoms with Crippen molar-refractivity contribution in [3.05, 3.63) is 39.6 Å². The molecule has 7 heteroatoms. The van der Waals surface area contributed by atoms with Crippen LogP contribution in [0.15, 0.2) is 22.8 Å². The Bertz CT molecular complexity index is 669. The number of nitrogens with one attached hydrogen (secondary N) is 2. The summed E-state index contributed by atoms with van der Waals surface area (Å²) in [5.41, 5.74) is 3.17. The Morgan fingerprint density at radius 1 is 1.38 bits per heavy atom. The second-order valence-electron chi connectivity index (χ2n) is 5.26. The van der Waals surface area contributed by atoms with Gasteiger partial charge >= 0.3 is 0 Å². The molecule has 2 aromatic rings. The Balaban J connectivity index is 1.78. The van der Waals surface area contributed by atoms with Gasteiger partial charge in [-0.25, -0.2) is 4.68 Å². The van der Waals surface area contributed by atoms with Crippen molar-refractivity contribution in [2.45, 2.75) is 19.9 Å². The van der Waals surface area contributed by atoms with Gasteiger partial charge in [0.2, 0.25) is 0 Å². The average Bonchev–Trinajstić information content (AvgIpc) is 2.80. The first-order valence-corrected chi connectivity index (χ1v) is 7.54. The lowest BCUT2D eigenvalue weighted by Crippen LogP contribution is -2.43. The van der Waals surface area contributed by atoms with Crippen LogP contribution in [0.3, 0.4) is 0 Å². The van der Waals surface area contributed by atoms with E-state index in [1.165, 1.54) is 0 Å². The molecule has 2 heterocycles. The number of hydrogen-bond donors (Lipinski definition) is 2. The molecule has 0 unspecified atom stereocenters. The zero-order valence-corrected chi connectivity index (χ0v) is 13.4. The van der Waals surface area contributed by atoms with Gasteiger partial charge in [-0.2, -0.15) is 0 Å². The molecule has 6 nitrogen and oxygen atoms in total. The van der Waals surface area contributed by atoms with Crippen LogP contribution in [0, 0.1) is 13.8 Å². The number of aryl methyl sites for hydroxylation is 2.